The van der Waals surface area contributed by atoms with E-state index in [0.29, 0.717) is 17.1 Å². The molecule has 0 radical (unpaired) electrons. The summed E-state index contributed by atoms with van der Waals surface area (Å²) in [5, 5.41) is 17.5. The van der Waals surface area contributed by atoms with E-state index in [9.17, 15) is 0 Å². The molecule has 0 bridgehead atoms. The first-order valence-electron chi connectivity index (χ1n) is 4.51. The summed E-state index contributed by atoms with van der Waals surface area (Å²) in [5.74, 6) is 0.436. The van der Waals surface area contributed by atoms with Crippen LogP contribution < -0.4 is 5.73 Å². The van der Waals surface area contributed by atoms with Crippen LogP contribution >= 0.6 is 0 Å². The molecular formula is C11H7N5. The first-order valence-corrected chi connectivity index (χ1v) is 4.51. The Morgan fingerprint density at radius 1 is 1.19 bits per heavy atom. The van der Waals surface area contributed by atoms with Gasteiger partial charge in [0.15, 0.2) is 11.4 Å². The van der Waals surface area contributed by atoms with Crippen molar-refractivity contribution in [3.63, 3.8) is 0 Å². The molecule has 5 heteroatoms. The monoisotopic (exact) mass is 209 g/mol. The summed E-state index contributed by atoms with van der Waals surface area (Å²) in [5.41, 5.74) is 7.23. The first-order chi connectivity index (χ1) is 7.76. The number of para-hydroxylation sites is 1. The molecule has 2 rings (SSSR count). The van der Waals surface area contributed by atoms with Crippen LogP contribution in [0.15, 0.2) is 24.3 Å². The summed E-state index contributed by atoms with van der Waals surface area (Å²) in [6, 6.07) is 10.8. The molecule has 2 aromatic rings. The normalized spacial score (nSPS) is 9.38. The maximum Gasteiger partial charge on any atom is 0.177 e. The first kappa shape index (κ1) is 9.75. The quantitative estimate of drug-likeness (QED) is 0.693. The third-order valence-corrected chi connectivity index (χ3v) is 2.14. The molecule has 0 aliphatic rings. The van der Waals surface area contributed by atoms with E-state index in [1.54, 1.807) is 18.2 Å². The average molecular weight is 209 g/mol. The minimum Gasteiger partial charge on any atom is -0.398 e. The molecule has 16 heavy (non-hydrogen) atoms. The van der Waals surface area contributed by atoms with Gasteiger partial charge in [-0.2, -0.15) is 10.5 Å². The van der Waals surface area contributed by atoms with E-state index < -0.39 is 0 Å². The van der Waals surface area contributed by atoms with Gasteiger partial charge in [0.1, 0.15) is 18.0 Å². The standard InChI is InChI=1S/C11H7N5/c12-5-9-10(6-13)16-11(15-9)7-3-1-2-4-8(7)14/h1-4H,14H2,(H,15,16). The molecule has 0 aliphatic heterocycles. The van der Waals surface area contributed by atoms with Crippen LogP contribution in [0, 0.1) is 22.7 Å². The van der Waals surface area contributed by atoms with Crippen LogP contribution in [0.5, 0.6) is 0 Å². The van der Waals surface area contributed by atoms with E-state index in [2.05, 4.69) is 9.97 Å². The largest absolute Gasteiger partial charge is 0.398 e. The summed E-state index contributed by atoms with van der Waals surface area (Å²) in [7, 11) is 0. The molecule has 0 amide bonds. The van der Waals surface area contributed by atoms with Crippen molar-refractivity contribution in [2.24, 2.45) is 0 Å². The third-order valence-electron chi connectivity index (χ3n) is 2.14. The lowest BCUT2D eigenvalue weighted by Gasteiger charge is -1.99. The van der Waals surface area contributed by atoms with Crippen LogP contribution in [0.1, 0.15) is 11.4 Å². The summed E-state index contributed by atoms with van der Waals surface area (Å²) in [6.45, 7) is 0. The van der Waals surface area contributed by atoms with Crippen LogP contribution in [0.4, 0.5) is 5.69 Å². The van der Waals surface area contributed by atoms with Gasteiger partial charge in [-0.25, -0.2) is 4.98 Å². The molecule has 1 heterocycles. The molecule has 0 saturated heterocycles. The van der Waals surface area contributed by atoms with Gasteiger partial charge in [0, 0.05) is 11.3 Å². The molecule has 5 nitrogen and oxygen atoms in total. The van der Waals surface area contributed by atoms with Crippen molar-refractivity contribution in [2.45, 2.75) is 0 Å². The molecule has 0 spiro atoms. The Kier molecular flexibility index (Phi) is 2.29. The lowest BCUT2D eigenvalue weighted by molar-refractivity contribution is 1.29. The maximum atomic E-state index is 8.78. The van der Waals surface area contributed by atoms with Crippen molar-refractivity contribution in [1.29, 1.82) is 10.5 Å². The SMILES string of the molecule is N#Cc1nc(-c2ccccc2N)[nH]c1C#N. The lowest BCUT2D eigenvalue weighted by Crippen LogP contribution is -1.90. The second kappa shape index (κ2) is 3.76. The summed E-state index contributed by atoms with van der Waals surface area (Å²) < 4.78 is 0. The predicted molar refractivity (Wildman–Crippen MR) is 57.9 cm³/mol. The van der Waals surface area contributed by atoms with Crippen molar-refractivity contribution in [2.75, 3.05) is 5.73 Å². The molecule has 0 aliphatic carbocycles. The minimum atomic E-state index is 0.0840. The van der Waals surface area contributed by atoms with E-state index >= 15 is 0 Å². The Hall–Kier alpha value is -2.79. The molecule has 1 aromatic carbocycles. The summed E-state index contributed by atoms with van der Waals surface area (Å²) in [6.07, 6.45) is 0. The number of hydrogen-bond acceptors (Lipinski definition) is 4. The Morgan fingerprint density at radius 2 is 1.94 bits per heavy atom. The molecule has 1 aromatic heterocycles. The highest BCUT2D eigenvalue weighted by molar-refractivity contribution is 5.72. The van der Waals surface area contributed by atoms with E-state index in [1.807, 2.05) is 18.2 Å². The van der Waals surface area contributed by atoms with Gasteiger partial charge in [-0.3, -0.25) is 0 Å². The number of aromatic nitrogens is 2. The number of anilines is 1. The second-order valence-electron chi connectivity index (χ2n) is 3.12. The Labute approximate surface area is 91.8 Å². The Morgan fingerprint density at radius 3 is 2.50 bits per heavy atom. The average Bonchev–Trinajstić information content (AvgIpc) is 2.72. The number of hydrogen-bond donors (Lipinski definition) is 2. The van der Waals surface area contributed by atoms with Crippen LogP contribution in [0.3, 0.4) is 0 Å². The number of nitrogens with two attached hydrogens (primary N) is 1. The van der Waals surface area contributed by atoms with Crippen molar-refractivity contribution in [3.8, 4) is 23.5 Å². The summed E-state index contributed by atoms with van der Waals surface area (Å²) in [4.78, 5) is 6.78. The molecule has 76 valence electrons. The number of nitriles is 2. The summed E-state index contributed by atoms with van der Waals surface area (Å²) >= 11 is 0. The van der Waals surface area contributed by atoms with Gasteiger partial charge >= 0.3 is 0 Å². The number of aromatic amines is 1. The van der Waals surface area contributed by atoms with Gasteiger partial charge in [-0.05, 0) is 12.1 Å². The van der Waals surface area contributed by atoms with Crippen LogP contribution in [-0.2, 0) is 0 Å². The predicted octanol–water partition coefficient (Wildman–Crippen LogP) is 1.40. The lowest BCUT2D eigenvalue weighted by atomic mass is 10.2. The Balaban J connectivity index is 2.60. The number of nitrogens with zero attached hydrogens (tertiary/aromatic N) is 3. The van der Waals surface area contributed by atoms with Gasteiger partial charge in [-0.15, -0.1) is 0 Å². The van der Waals surface area contributed by atoms with Gasteiger partial charge in [0.2, 0.25) is 0 Å². The van der Waals surface area contributed by atoms with Crippen molar-refractivity contribution in [1.82, 2.24) is 9.97 Å². The number of H-pyrrole nitrogens is 1. The zero-order chi connectivity index (χ0) is 11.5. The molecule has 0 saturated carbocycles. The number of nitrogens with one attached hydrogen (secondary N) is 1. The molecule has 3 N–H and O–H groups in total. The van der Waals surface area contributed by atoms with Crippen LogP contribution in [-0.4, -0.2) is 9.97 Å². The zero-order valence-corrected chi connectivity index (χ0v) is 8.23. The van der Waals surface area contributed by atoms with Gasteiger partial charge in [-0.1, -0.05) is 12.1 Å². The highest BCUT2D eigenvalue weighted by Crippen LogP contribution is 2.23. The number of imidazole rings is 1. The second-order valence-corrected chi connectivity index (χ2v) is 3.12. The number of nitrogen functional groups attached to an aromatic ring is 1. The van der Waals surface area contributed by atoms with Crippen molar-refractivity contribution in [3.05, 3.63) is 35.7 Å². The highest BCUT2D eigenvalue weighted by Gasteiger charge is 2.11. The third kappa shape index (κ3) is 1.47. The van der Waals surface area contributed by atoms with E-state index in [1.165, 1.54) is 0 Å². The fourth-order valence-corrected chi connectivity index (χ4v) is 1.38. The Bertz CT molecular complexity index is 581. The fourth-order valence-electron chi connectivity index (χ4n) is 1.38. The van der Waals surface area contributed by atoms with Gasteiger partial charge in [0.25, 0.3) is 0 Å². The van der Waals surface area contributed by atoms with Gasteiger partial charge in [0.05, 0.1) is 0 Å². The number of benzene rings is 1. The maximum absolute atomic E-state index is 8.78. The number of rotatable bonds is 1. The molecular weight excluding hydrogens is 202 g/mol. The zero-order valence-electron chi connectivity index (χ0n) is 8.23. The van der Waals surface area contributed by atoms with Crippen LogP contribution in [0.25, 0.3) is 11.4 Å². The van der Waals surface area contributed by atoms with E-state index in [4.69, 9.17) is 16.3 Å². The van der Waals surface area contributed by atoms with E-state index in [-0.39, 0.29) is 11.4 Å². The molecule has 0 unspecified atom stereocenters. The van der Waals surface area contributed by atoms with Crippen molar-refractivity contribution >= 4 is 5.69 Å². The smallest absolute Gasteiger partial charge is 0.177 e. The molecule has 0 atom stereocenters. The highest BCUT2D eigenvalue weighted by atomic mass is 14.9. The topological polar surface area (TPSA) is 102 Å². The van der Waals surface area contributed by atoms with E-state index in [0.717, 1.165) is 0 Å². The fraction of sp³-hybridized carbons (Fsp3) is 0. The minimum absolute atomic E-state index is 0.0840. The molecule has 0 fully saturated rings. The van der Waals surface area contributed by atoms with Gasteiger partial charge < -0.3 is 10.7 Å². The van der Waals surface area contributed by atoms with Crippen molar-refractivity contribution < 1.29 is 0 Å². The van der Waals surface area contributed by atoms with Crippen LogP contribution in [0.2, 0.25) is 0 Å².